The topological polar surface area (TPSA) is 81.6 Å². The Hall–Kier alpha value is -2.32. The number of esters is 1. The maximum Gasteiger partial charge on any atom is 0.350 e. The molecule has 138 valence electrons. The molecule has 2 atom stereocenters. The van der Waals surface area contributed by atoms with E-state index in [1.54, 1.807) is 18.0 Å². The Bertz CT molecular complexity index is 783. The average Bonchev–Trinajstić information content (AvgIpc) is 3.01. The minimum Gasteiger partial charge on any atom is -0.451 e. The first-order valence-electron chi connectivity index (χ1n) is 8.43. The van der Waals surface area contributed by atoms with E-state index in [0.29, 0.717) is 34.4 Å². The number of thiazole rings is 1. The molecule has 3 heterocycles. The molecule has 3 rings (SSSR count). The van der Waals surface area contributed by atoms with Gasteiger partial charge in [-0.25, -0.2) is 9.78 Å². The predicted molar refractivity (Wildman–Crippen MR) is 97.0 cm³/mol. The van der Waals surface area contributed by atoms with Crippen LogP contribution in [0.5, 0.6) is 0 Å². The molecule has 26 heavy (non-hydrogen) atoms. The molecule has 1 fully saturated rings. The van der Waals surface area contributed by atoms with Gasteiger partial charge in [0.1, 0.15) is 9.88 Å². The highest BCUT2D eigenvalue weighted by Crippen LogP contribution is 2.26. The highest BCUT2D eigenvalue weighted by molar-refractivity contribution is 7.17. The maximum atomic E-state index is 12.4. The van der Waals surface area contributed by atoms with Crippen LogP contribution in [0.2, 0.25) is 0 Å². The summed E-state index contributed by atoms with van der Waals surface area (Å²) >= 11 is 1.22. The van der Waals surface area contributed by atoms with Crippen LogP contribution >= 0.6 is 11.3 Å². The van der Waals surface area contributed by atoms with Crippen molar-refractivity contribution < 1.29 is 19.1 Å². The summed E-state index contributed by atoms with van der Waals surface area (Å²) in [6.07, 6.45) is 1.62. The Balaban J connectivity index is 1.62. The number of aromatic nitrogens is 2. The lowest BCUT2D eigenvalue weighted by Gasteiger charge is -2.35. The summed E-state index contributed by atoms with van der Waals surface area (Å²) in [6, 6.07) is 5.51. The van der Waals surface area contributed by atoms with E-state index in [1.807, 2.05) is 32.0 Å². The molecule has 7 nitrogen and oxygen atoms in total. The quantitative estimate of drug-likeness (QED) is 0.763. The molecule has 0 aliphatic carbocycles. The fourth-order valence-corrected chi connectivity index (χ4v) is 3.79. The number of rotatable bonds is 4. The highest BCUT2D eigenvalue weighted by atomic mass is 32.1. The number of hydrogen-bond acceptors (Lipinski definition) is 7. The number of pyridine rings is 1. The largest absolute Gasteiger partial charge is 0.451 e. The number of morpholine rings is 1. The molecule has 2 aromatic heterocycles. The van der Waals surface area contributed by atoms with Crippen LogP contribution in [0.1, 0.15) is 29.2 Å². The monoisotopic (exact) mass is 375 g/mol. The summed E-state index contributed by atoms with van der Waals surface area (Å²) in [5, 5.41) is 0.650. The molecule has 2 aromatic rings. The fraction of sp³-hybridized carbons (Fsp3) is 0.444. The van der Waals surface area contributed by atoms with Gasteiger partial charge in [0.2, 0.25) is 0 Å². The zero-order valence-electron chi connectivity index (χ0n) is 15.0. The van der Waals surface area contributed by atoms with E-state index in [0.717, 1.165) is 0 Å². The second-order valence-corrected chi connectivity index (χ2v) is 7.28. The number of ether oxygens (including phenoxy) is 2. The van der Waals surface area contributed by atoms with E-state index >= 15 is 0 Å². The standard InChI is InChI=1S/C18H21N3O4S/c1-11-8-21(9-12(2)25-11)15(22)10-24-18(23)16-13(3)20-17(26-16)14-6-4-5-7-19-14/h4-7,11-12H,8-10H2,1-3H3/t11-,12-/m1/s1. The Labute approximate surface area is 156 Å². The third-order valence-corrected chi connectivity index (χ3v) is 5.13. The number of amides is 1. The number of aryl methyl sites for hydroxylation is 1. The van der Waals surface area contributed by atoms with Crippen LogP contribution in [-0.2, 0) is 14.3 Å². The van der Waals surface area contributed by atoms with Crippen molar-refractivity contribution >= 4 is 23.2 Å². The highest BCUT2D eigenvalue weighted by Gasteiger charge is 2.27. The van der Waals surface area contributed by atoms with Crippen molar-refractivity contribution in [2.75, 3.05) is 19.7 Å². The lowest BCUT2D eigenvalue weighted by Crippen LogP contribution is -2.49. The van der Waals surface area contributed by atoms with Crippen LogP contribution in [0.3, 0.4) is 0 Å². The third kappa shape index (κ3) is 4.25. The molecule has 0 saturated carbocycles. The molecule has 8 heteroatoms. The SMILES string of the molecule is Cc1nc(-c2ccccn2)sc1C(=O)OCC(=O)N1C[C@@H](C)O[C@H](C)C1. The summed E-state index contributed by atoms with van der Waals surface area (Å²) in [5.41, 5.74) is 1.27. The van der Waals surface area contributed by atoms with Crippen molar-refractivity contribution in [1.82, 2.24) is 14.9 Å². The van der Waals surface area contributed by atoms with Crippen molar-refractivity contribution in [3.05, 3.63) is 35.0 Å². The van der Waals surface area contributed by atoms with E-state index < -0.39 is 5.97 Å². The summed E-state index contributed by atoms with van der Waals surface area (Å²) in [5.74, 6) is -0.752. The first-order chi connectivity index (χ1) is 12.4. The predicted octanol–water partition coefficient (Wildman–Crippen LogP) is 2.31. The Morgan fingerprint density at radius 2 is 2.04 bits per heavy atom. The molecule has 0 spiro atoms. The molecule has 0 aromatic carbocycles. The van der Waals surface area contributed by atoms with Crippen molar-refractivity contribution in [3.8, 4) is 10.7 Å². The first-order valence-corrected chi connectivity index (χ1v) is 9.25. The lowest BCUT2D eigenvalue weighted by molar-refractivity contribution is -0.146. The van der Waals surface area contributed by atoms with Crippen LogP contribution in [0.15, 0.2) is 24.4 Å². The number of nitrogens with zero attached hydrogens (tertiary/aromatic N) is 3. The van der Waals surface area contributed by atoms with Crippen molar-refractivity contribution in [2.24, 2.45) is 0 Å². The van der Waals surface area contributed by atoms with Gasteiger partial charge >= 0.3 is 5.97 Å². The van der Waals surface area contributed by atoms with Gasteiger partial charge in [-0.2, -0.15) is 0 Å². The van der Waals surface area contributed by atoms with Gasteiger partial charge in [0.25, 0.3) is 5.91 Å². The number of carbonyl (C=O) groups is 2. The fourth-order valence-electron chi connectivity index (χ4n) is 2.85. The number of carbonyl (C=O) groups excluding carboxylic acids is 2. The van der Waals surface area contributed by atoms with E-state index in [4.69, 9.17) is 9.47 Å². The van der Waals surface area contributed by atoms with Crippen LogP contribution in [-0.4, -0.2) is 58.6 Å². The van der Waals surface area contributed by atoms with Gasteiger partial charge in [-0.1, -0.05) is 6.07 Å². The van der Waals surface area contributed by atoms with Crippen LogP contribution in [0.25, 0.3) is 10.7 Å². The second kappa shape index (κ2) is 7.92. The zero-order valence-corrected chi connectivity index (χ0v) is 15.8. The van der Waals surface area contributed by atoms with Crippen molar-refractivity contribution in [2.45, 2.75) is 33.0 Å². The third-order valence-electron chi connectivity index (χ3n) is 3.97. The zero-order chi connectivity index (χ0) is 18.7. The minimum atomic E-state index is -0.537. The van der Waals surface area contributed by atoms with E-state index in [2.05, 4.69) is 9.97 Å². The van der Waals surface area contributed by atoms with Crippen molar-refractivity contribution in [1.29, 1.82) is 0 Å². The normalized spacial score (nSPS) is 20.0. The lowest BCUT2D eigenvalue weighted by atomic mass is 10.2. The molecule has 0 bridgehead atoms. The van der Waals surface area contributed by atoms with Gasteiger partial charge in [-0.15, -0.1) is 11.3 Å². The summed E-state index contributed by atoms with van der Waals surface area (Å²) in [6.45, 7) is 6.30. The van der Waals surface area contributed by atoms with E-state index in [-0.39, 0.29) is 24.7 Å². The van der Waals surface area contributed by atoms with Gasteiger partial charge in [-0.05, 0) is 32.9 Å². The Morgan fingerprint density at radius 3 is 2.69 bits per heavy atom. The van der Waals surface area contributed by atoms with Crippen LogP contribution in [0, 0.1) is 6.92 Å². The summed E-state index contributed by atoms with van der Waals surface area (Å²) < 4.78 is 10.8. The Kier molecular flexibility index (Phi) is 5.63. The molecule has 0 radical (unpaired) electrons. The Morgan fingerprint density at radius 1 is 1.31 bits per heavy atom. The van der Waals surface area contributed by atoms with Crippen molar-refractivity contribution in [3.63, 3.8) is 0 Å². The van der Waals surface area contributed by atoms with Gasteiger partial charge in [0.05, 0.1) is 23.6 Å². The molecule has 0 unspecified atom stereocenters. The first kappa shape index (κ1) is 18.5. The maximum absolute atomic E-state index is 12.4. The smallest absolute Gasteiger partial charge is 0.350 e. The molecule has 1 amide bonds. The van der Waals surface area contributed by atoms with E-state index in [9.17, 15) is 9.59 Å². The number of hydrogen-bond donors (Lipinski definition) is 0. The average molecular weight is 375 g/mol. The molecule has 1 aliphatic rings. The molecular formula is C18H21N3O4S. The van der Waals surface area contributed by atoms with Crippen LogP contribution in [0.4, 0.5) is 0 Å². The minimum absolute atomic E-state index is 0.0249. The summed E-state index contributed by atoms with van der Waals surface area (Å²) in [4.78, 5) is 35.3. The van der Waals surface area contributed by atoms with Gasteiger partial charge in [0.15, 0.2) is 6.61 Å². The van der Waals surface area contributed by atoms with Gasteiger partial charge < -0.3 is 14.4 Å². The molecule has 1 saturated heterocycles. The molecule has 0 N–H and O–H groups in total. The second-order valence-electron chi connectivity index (χ2n) is 6.28. The molecular weight excluding hydrogens is 354 g/mol. The van der Waals surface area contributed by atoms with Gasteiger partial charge in [0, 0.05) is 19.3 Å². The van der Waals surface area contributed by atoms with Gasteiger partial charge in [-0.3, -0.25) is 9.78 Å². The molecule has 1 aliphatic heterocycles. The van der Waals surface area contributed by atoms with Crippen LogP contribution < -0.4 is 0 Å². The van der Waals surface area contributed by atoms with E-state index in [1.165, 1.54) is 11.3 Å². The summed E-state index contributed by atoms with van der Waals surface area (Å²) in [7, 11) is 0.